The van der Waals surface area contributed by atoms with Crippen molar-refractivity contribution in [1.82, 2.24) is 5.32 Å². The van der Waals surface area contributed by atoms with E-state index in [1.165, 1.54) is 0 Å². The Hall–Kier alpha value is -2.04. The molecule has 2 unspecified atom stereocenters. The number of para-hydroxylation sites is 1. The van der Waals surface area contributed by atoms with Crippen LogP contribution in [0, 0.1) is 5.92 Å². The number of benzene rings is 2. The van der Waals surface area contributed by atoms with Crippen LogP contribution in [0.15, 0.2) is 54.6 Å². The first-order chi connectivity index (χ1) is 11.6. The number of nitrogens with one attached hydrogen (secondary N) is 1. The van der Waals surface area contributed by atoms with E-state index in [1.54, 1.807) is 0 Å². The van der Waals surface area contributed by atoms with Crippen LogP contribution in [-0.4, -0.2) is 25.1 Å². The fraction of sp³-hybridized carbons (Fsp3) is 0.350. The van der Waals surface area contributed by atoms with Crippen LogP contribution < -0.4 is 15.8 Å². The van der Waals surface area contributed by atoms with Crippen LogP contribution in [-0.2, 0) is 4.79 Å². The topological polar surface area (TPSA) is 64.4 Å². The lowest BCUT2D eigenvalue weighted by Crippen LogP contribution is -2.45. The Labute approximate surface area is 156 Å². The summed E-state index contributed by atoms with van der Waals surface area (Å²) >= 11 is 0. The van der Waals surface area contributed by atoms with E-state index in [9.17, 15) is 4.79 Å². The Bertz CT molecular complexity index is 649. The maximum atomic E-state index is 12.0. The maximum absolute atomic E-state index is 12.0. The van der Waals surface area contributed by atoms with Crippen molar-refractivity contribution in [2.24, 2.45) is 11.7 Å². The number of amides is 1. The number of rotatable bonds is 8. The van der Waals surface area contributed by atoms with Crippen LogP contribution in [0.3, 0.4) is 0 Å². The van der Waals surface area contributed by atoms with Crippen LogP contribution in [0.4, 0.5) is 0 Å². The minimum atomic E-state index is -0.466. The van der Waals surface area contributed by atoms with E-state index in [1.807, 2.05) is 56.3 Å². The highest BCUT2D eigenvalue weighted by Gasteiger charge is 2.18. The minimum Gasteiger partial charge on any atom is -0.491 e. The molecular weight excluding hydrogens is 336 g/mol. The molecule has 0 spiro atoms. The second-order valence-electron chi connectivity index (χ2n) is 5.91. The molecule has 0 radical (unpaired) electrons. The third-order valence-electron chi connectivity index (χ3n) is 4.19. The highest BCUT2D eigenvalue weighted by Crippen LogP contribution is 2.29. The third kappa shape index (κ3) is 6.07. The summed E-state index contributed by atoms with van der Waals surface area (Å²) in [4.78, 5) is 12.0. The zero-order chi connectivity index (χ0) is 17.4. The average Bonchev–Trinajstić information content (AvgIpc) is 2.64. The third-order valence-corrected chi connectivity index (χ3v) is 4.19. The van der Waals surface area contributed by atoms with Crippen molar-refractivity contribution in [3.05, 3.63) is 54.6 Å². The van der Waals surface area contributed by atoms with Gasteiger partial charge in [0.15, 0.2) is 0 Å². The summed E-state index contributed by atoms with van der Waals surface area (Å²) in [6.07, 6.45) is 0.884. The molecule has 0 fully saturated rings. The molecule has 0 aliphatic heterocycles. The number of halogens is 1. The molecule has 1 amide bonds. The van der Waals surface area contributed by atoms with Crippen molar-refractivity contribution < 1.29 is 9.53 Å². The molecule has 2 aromatic rings. The molecular formula is C20H27ClN2O2. The number of nitrogens with two attached hydrogens (primary N) is 1. The van der Waals surface area contributed by atoms with Gasteiger partial charge in [-0.1, -0.05) is 68.8 Å². The first-order valence-corrected chi connectivity index (χ1v) is 8.44. The van der Waals surface area contributed by atoms with E-state index in [0.29, 0.717) is 13.2 Å². The van der Waals surface area contributed by atoms with Crippen LogP contribution in [0.25, 0.3) is 11.1 Å². The van der Waals surface area contributed by atoms with Gasteiger partial charge in [-0.2, -0.15) is 0 Å². The molecule has 2 rings (SSSR count). The molecule has 0 aromatic heterocycles. The lowest BCUT2D eigenvalue weighted by molar-refractivity contribution is -0.123. The standard InChI is InChI=1S/C20H26N2O2.ClH/c1-3-15(2)19(21)20(23)22-13-14-24-18-12-8-7-11-17(18)16-9-5-4-6-10-16;/h4-12,15,19H,3,13-14,21H2,1-2H3,(H,22,23);1H. The molecule has 0 saturated heterocycles. The van der Waals surface area contributed by atoms with Crippen LogP contribution in [0.2, 0.25) is 0 Å². The molecule has 0 bridgehead atoms. The predicted octanol–water partition coefficient (Wildman–Crippen LogP) is 3.64. The molecule has 3 N–H and O–H groups in total. The summed E-state index contributed by atoms with van der Waals surface area (Å²) in [5.74, 6) is 0.859. The highest BCUT2D eigenvalue weighted by molar-refractivity contribution is 5.85. The van der Waals surface area contributed by atoms with Crippen molar-refractivity contribution in [3.8, 4) is 16.9 Å². The summed E-state index contributed by atoms with van der Waals surface area (Å²) in [5.41, 5.74) is 8.06. The van der Waals surface area contributed by atoms with E-state index in [2.05, 4.69) is 17.4 Å². The van der Waals surface area contributed by atoms with E-state index in [0.717, 1.165) is 23.3 Å². The highest BCUT2D eigenvalue weighted by atomic mass is 35.5. The molecule has 5 heteroatoms. The van der Waals surface area contributed by atoms with Gasteiger partial charge in [0.25, 0.3) is 0 Å². The number of hydrogen-bond acceptors (Lipinski definition) is 3. The molecule has 2 atom stereocenters. The summed E-state index contributed by atoms with van der Waals surface area (Å²) in [6.45, 7) is 4.85. The van der Waals surface area contributed by atoms with E-state index >= 15 is 0 Å². The van der Waals surface area contributed by atoms with Gasteiger partial charge in [0.05, 0.1) is 12.6 Å². The normalized spacial score (nSPS) is 12.6. The van der Waals surface area contributed by atoms with Gasteiger partial charge in [0, 0.05) is 5.56 Å². The van der Waals surface area contributed by atoms with Crippen LogP contribution in [0.5, 0.6) is 5.75 Å². The molecule has 136 valence electrons. The molecule has 0 heterocycles. The fourth-order valence-electron chi connectivity index (χ4n) is 2.41. The predicted molar refractivity (Wildman–Crippen MR) is 105 cm³/mol. The van der Waals surface area contributed by atoms with Gasteiger partial charge in [-0.05, 0) is 17.5 Å². The van der Waals surface area contributed by atoms with Crippen molar-refractivity contribution in [2.45, 2.75) is 26.3 Å². The first-order valence-electron chi connectivity index (χ1n) is 8.44. The van der Waals surface area contributed by atoms with Crippen molar-refractivity contribution in [2.75, 3.05) is 13.2 Å². The van der Waals surface area contributed by atoms with Gasteiger partial charge in [0.2, 0.25) is 5.91 Å². The van der Waals surface area contributed by atoms with Crippen LogP contribution >= 0.6 is 12.4 Å². The number of carbonyl (C=O) groups excluding carboxylic acids is 1. The largest absolute Gasteiger partial charge is 0.491 e. The maximum Gasteiger partial charge on any atom is 0.237 e. The number of ether oxygens (including phenoxy) is 1. The first kappa shape index (κ1) is 21.0. The molecule has 0 saturated carbocycles. The Kier molecular flexibility index (Phi) is 9.03. The number of hydrogen-bond donors (Lipinski definition) is 2. The summed E-state index contributed by atoms with van der Waals surface area (Å²) in [6, 6.07) is 17.5. The minimum absolute atomic E-state index is 0. The van der Waals surface area contributed by atoms with Crippen molar-refractivity contribution >= 4 is 18.3 Å². The second-order valence-corrected chi connectivity index (χ2v) is 5.91. The number of carbonyl (C=O) groups is 1. The van der Waals surface area contributed by atoms with E-state index in [4.69, 9.17) is 10.5 Å². The molecule has 0 aliphatic rings. The summed E-state index contributed by atoms with van der Waals surface area (Å²) in [5, 5.41) is 2.84. The fourth-order valence-corrected chi connectivity index (χ4v) is 2.41. The molecule has 4 nitrogen and oxygen atoms in total. The van der Waals surface area contributed by atoms with Gasteiger partial charge < -0.3 is 15.8 Å². The van der Waals surface area contributed by atoms with E-state index in [-0.39, 0.29) is 24.2 Å². The zero-order valence-electron chi connectivity index (χ0n) is 14.8. The van der Waals surface area contributed by atoms with Gasteiger partial charge in [-0.3, -0.25) is 4.79 Å². The van der Waals surface area contributed by atoms with Gasteiger partial charge in [0.1, 0.15) is 12.4 Å². The van der Waals surface area contributed by atoms with Crippen molar-refractivity contribution in [1.29, 1.82) is 0 Å². The smallest absolute Gasteiger partial charge is 0.237 e. The van der Waals surface area contributed by atoms with Crippen LogP contribution in [0.1, 0.15) is 20.3 Å². The zero-order valence-corrected chi connectivity index (χ0v) is 15.6. The molecule has 2 aromatic carbocycles. The Morgan fingerprint density at radius 1 is 1.12 bits per heavy atom. The van der Waals surface area contributed by atoms with Gasteiger partial charge in [-0.25, -0.2) is 0 Å². The second kappa shape index (κ2) is 10.7. The Morgan fingerprint density at radius 3 is 2.44 bits per heavy atom. The van der Waals surface area contributed by atoms with Gasteiger partial charge >= 0.3 is 0 Å². The lowest BCUT2D eigenvalue weighted by Gasteiger charge is -2.18. The monoisotopic (exact) mass is 362 g/mol. The van der Waals surface area contributed by atoms with Gasteiger partial charge in [-0.15, -0.1) is 12.4 Å². The quantitative estimate of drug-likeness (QED) is 0.704. The van der Waals surface area contributed by atoms with E-state index < -0.39 is 6.04 Å². The summed E-state index contributed by atoms with van der Waals surface area (Å²) < 4.78 is 5.85. The summed E-state index contributed by atoms with van der Waals surface area (Å²) in [7, 11) is 0. The SMILES string of the molecule is CCC(C)C(N)C(=O)NCCOc1ccccc1-c1ccccc1.Cl. The molecule has 0 aliphatic carbocycles. The Balaban J connectivity index is 0.00000312. The van der Waals surface area contributed by atoms with Crippen molar-refractivity contribution in [3.63, 3.8) is 0 Å². The lowest BCUT2D eigenvalue weighted by atomic mass is 9.99. The molecule has 25 heavy (non-hydrogen) atoms. The Morgan fingerprint density at radius 2 is 1.76 bits per heavy atom. The average molecular weight is 363 g/mol.